The average molecular weight is 513 g/mol. The van der Waals surface area contributed by atoms with Crippen LogP contribution in [0.25, 0.3) is 0 Å². The van der Waals surface area contributed by atoms with Crippen molar-refractivity contribution in [3.63, 3.8) is 0 Å². The number of carboxylic acids is 1. The molecular weight excluding hydrogens is 492 g/mol. The SMILES string of the molecule is CC(=O)c1ccc(NC(=O)c2ccc(S(=O)(=O)N3CCC4=C3C=CCC(Cl)=C4)cc2)c(C(=O)O)c1. The molecule has 35 heavy (non-hydrogen) atoms. The van der Waals surface area contributed by atoms with Crippen LogP contribution in [0.2, 0.25) is 0 Å². The third-order valence-electron chi connectivity index (χ3n) is 5.71. The number of hydrogen-bond donors (Lipinski definition) is 2. The van der Waals surface area contributed by atoms with Gasteiger partial charge in [-0.05, 0) is 73.5 Å². The van der Waals surface area contributed by atoms with Crippen molar-refractivity contribution in [2.24, 2.45) is 0 Å². The molecule has 1 aliphatic heterocycles. The molecule has 0 bridgehead atoms. The molecule has 0 atom stereocenters. The Kier molecular flexibility index (Phi) is 6.64. The Labute approximate surface area is 207 Å². The first-order valence-corrected chi connectivity index (χ1v) is 12.5. The van der Waals surface area contributed by atoms with Crippen LogP contribution in [0.5, 0.6) is 0 Å². The van der Waals surface area contributed by atoms with Crippen LogP contribution in [0.3, 0.4) is 0 Å². The monoisotopic (exact) mass is 512 g/mol. The second-order valence-electron chi connectivity index (χ2n) is 8.04. The van der Waals surface area contributed by atoms with E-state index in [0.717, 1.165) is 5.57 Å². The fraction of sp³-hybridized carbons (Fsp3) is 0.160. The molecule has 180 valence electrons. The fourth-order valence-corrected chi connectivity index (χ4v) is 5.62. The third kappa shape index (κ3) is 4.91. The maximum atomic E-state index is 13.3. The molecule has 0 aromatic heterocycles. The Hall–Kier alpha value is -3.69. The summed E-state index contributed by atoms with van der Waals surface area (Å²) in [5.41, 5.74) is 1.57. The van der Waals surface area contributed by atoms with Gasteiger partial charge in [-0.25, -0.2) is 13.2 Å². The van der Waals surface area contributed by atoms with Crippen LogP contribution in [-0.4, -0.2) is 42.0 Å². The molecule has 1 aliphatic carbocycles. The number of benzene rings is 2. The summed E-state index contributed by atoms with van der Waals surface area (Å²) < 4.78 is 27.9. The quantitative estimate of drug-likeness (QED) is 0.547. The van der Waals surface area contributed by atoms with Crippen LogP contribution in [-0.2, 0) is 10.0 Å². The van der Waals surface area contributed by atoms with Crippen molar-refractivity contribution in [1.82, 2.24) is 4.31 Å². The zero-order valence-electron chi connectivity index (χ0n) is 18.6. The Morgan fingerprint density at radius 3 is 2.40 bits per heavy atom. The molecule has 8 nitrogen and oxygen atoms in total. The number of carbonyl (C=O) groups excluding carboxylic acids is 2. The molecule has 0 saturated heterocycles. The number of nitrogens with zero attached hydrogens (tertiary/aromatic N) is 1. The Morgan fingerprint density at radius 1 is 1.06 bits per heavy atom. The molecular formula is C25H21ClN2O6S. The molecule has 1 amide bonds. The zero-order chi connectivity index (χ0) is 25.3. The first kappa shape index (κ1) is 24.4. The number of aromatic carboxylic acids is 1. The summed E-state index contributed by atoms with van der Waals surface area (Å²) in [6.07, 6.45) is 6.45. The summed E-state index contributed by atoms with van der Waals surface area (Å²) in [5.74, 6) is -2.22. The maximum Gasteiger partial charge on any atom is 0.337 e. The highest BCUT2D eigenvalue weighted by molar-refractivity contribution is 7.89. The van der Waals surface area contributed by atoms with Crippen LogP contribution < -0.4 is 5.32 Å². The van der Waals surface area contributed by atoms with Crippen molar-refractivity contribution >= 4 is 45.0 Å². The zero-order valence-corrected chi connectivity index (χ0v) is 20.2. The average Bonchev–Trinajstić information content (AvgIpc) is 3.12. The number of rotatable bonds is 6. The van der Waals surface area contributed by atoms with Gasteiger partial charge >= 0.3 is 5.97 Å². The van der Waals surface area contributed by atoms with Gasteiger partial charge in [0.1, 0.15) is 0 Å². The van der Waals surface area contributed by atoms with Gasteiger partial charge in [0.2, 0.25) is 0 Å². The lowest BCUT2D eigenvalue weighted by Crippen LogP contribution is -2.27. The fourth-order valence-electron chi connectivity index (χ4n) is 3.90. The number of carbonyl (C=O) groups is 3. The number of halogens is 1. The molecule has 0 radical (unpaired) electrons. The van der Waals surface area contributed by atoms with E-state index in [2.05, 4.69) is 5.32 Å². The summed E-state index contributed by atoms with van der Waals surface area (Å²) in [6.45, 7) is 1.60. The van der Waals surface area contributed by atoms with Gasteiger partial charge in [0, 0.05) is 29.1 Å². The van der Waals surface area contributed by atoms with E-state index in [1.54, 1.807) is 12.2 Å². The summed E-state index contributed by atoms with van der Waals surface area (Å²) in [4.78, 5) is 35.9. The number of sulfonamides is 1. The molecule has 2 aliphatic rings. The maximum absolute atomic E-state index is 13.3. The predicted molar refractivity (Wildman–Crippen MR) is 131 cm³/mol. The first-order valence-electron chi connectivity index (χ1n) is 10.7. The molecule has 0 spiro atoms. The van der Waals surface area contributed by atoms with Crippen LogP contribution in [0, 0.1) is 0 Å². The van der Waals surface area contributed by atoms with Crippen molar-refractivity contribution in [3.8, 4) is 0 Å². The minimum Gasteiger partial charge on any atom is -0.478 e. The largest absolute Gasteiger partial charge is 0.478 e. The summed E-state index contributed by atoms with van der Waals surface area (Å²) in [5, 5.41) is 12.6. The van der Waals surface area contributed by atoms with E-state index >= 15 is 0 Å². The Morgan fingerprint density at radius 2 is 1.74 bits per heavy atom. The minimum atomic E-state index is -3.86. The number of carboxylic acid groups (broad SMARTS) is 1. The molecule has 0 unspecified atom stereocenters. The van der Waals surface area contributed by atoms with Gasteiger partial charge in [0.15, 0.2) is 5.78 Å². The molecule has 2 aromatic rings. The number of allylic oxidation sites excluding steroid dienone is 4. The summed E-state index contributed by atoms with van der Waals surface area (Å²) >= 11 is 6.14. The van der Waals surface area contributed by atoms with E-state index in [1.165, 1.54) is 53.7 Å². The lowest BCUT2D eigenvalue weighted by Gasteiger charge is -2.20. The topological polar surface area (TPSA) is 121 Å². The lowest BCUT2D eigenvalue weighted by atomic mass is 10.1. The van der Waals surface area contributed by atoms with Crippen molar-refractivity contribution < 1.29 is 27.9 Å². The Balaban J connectivity index is 1.56. The van der Waals surface area contributed by atoms with E-state index < -0.39 is 21.9 Å². The molecule has 1 heterocycles. The number of hydrogen-bond acceptors (Lipinski definition) is 5. The van der Waals surface area contributed by atoms with Crippen LogP contribution in [0.15, 0.2) is 81.9 Å². The number of Topliss-reactive ketones (excluding diaryl/α,β-unsaturated/α-hetero) is 1. The van der Waals surface area contributed by atoms with Gasteiger partial charge in [0.25, 0.3) is 15.9 Å². The van der Waals surface area contributed by atoms with Gasteiger partial charge in [-0.15, -0.1) is 0 Å². The number of anilines is 1. The standard InChI is InChI=1S/C25H21ClN2O6S/c1-15(29)17-7-10-22(21(14-17)25(31)32)27-24(30)16-5-8-20(9-6-16)35(33,34)28-12-11-18-13-19(26)3-2-4-23(18)28/h2,4-10,13-14H,3,11-12H2,1H3,(H,27,30)(H,31,32). The van der Waals surface area contributed by atoms with Crippen molar-refractivity contribution in [2.45, 2.75) is 24.7 Å². The molecule has 2 N–H and O–H groups in total. The van der Waals surface area contributed by atoms with E-state index in [0.29, 0.717) is 23.6 Å². The predicted octanol–water partition coefficient (Wildman–Crippen LogP) is 4.57. The highest BCUT2D eigenvalue weighted by Crippen LogP contribution is 2.34. The second-order valence-corrected chi connectivity index (χ2v) is 10.4. The van der Waals surface area contributed by atoms with Gasteiger partial charge in [-0.2, -0.15) is 0 Å². The minimum absolute atomic E-state index is 0.0209. The van der Waals surface area contributed by atoms with Crippen molar-refractivity contribution in [2.75, 3.05) is 11.9 Å². The van der Waals surface area contributed by atoms with E-state index in [1.807, 2.05) is 6.08 Å². The molecule has 2 aromatic carbocycles. The lowest BCUT2D eigenvalue weighted by molar-refractivity contribution is 0.0698. The third-order valence-corrected chi connectivity index (χ3v) is 7.80. The normalized spacial score (nSPS) is 15.4. The van der Waals surface area contributed by atoms with Crippen molar-refractivity contribution in [1.29, 1.82) is 0 Å². The second kappa shape index (κ2) is 9.52. The van der Waals surface area contributed by atoms with Gasteiger partial charge in [-0.3, -0.25) is 13.9 Å². The molecule has 10 heteroatoms. The van der Waals surface area contributed by atoms with Gasteiger partial charge < -0.3 is 10.4 Å². The molecule has 0 saturated carbocycles. The summed E-state index contributed by atoms with van der Waals surface area (Å²) in [6, 6.07) is 9.35. The van der Waals surface area contributed by atoms with Crippen molar-refractivity contribution in [3.05, 3.63) is 93.7 Å². The van der Waals surface area contributed by atoms with E-state index in [9.17, 15) is 27.9 Å². The Bertz CT molecular complexity index is 1440. The van der Waals surface area contributed by atoms with E-state index in [4.69, 9.17) is 11.6 Å². The van der Waals surface area contributed by atoms with Gasteiger partial charge in [0.05, 0.1) is 21.8 Å². The number of amides is 1. The summed E-state index contributed by atoms with van der Waals surface area (Å²) in [7, 11) is -3.86. The highest BCUT2D eigenvalue weighted by atomic mass is 35.5. The first-order chi connectivity index (χ1) is 16.6. The highest BCUT2D eigenvalue weighted by Gasteiger charge is 2.32. The van der Waals surface area contributed by atoms with E-state index in [-0.39, 0.29) is 39.6 Å². The number of nitrogens with one attached hydrogen (secondary N) is 1. The molecule has 4 rings (SSSR count). The smallest absolute Gasteiger partial charge is 0.337 e. The number of ketones is 1. The van der Waals surface area contributed by atoms with Crippen LogP contribution >= 0.6 is 11.6 Å². The van der Waals surface area contributed by atoms with Gasteiger partial charge in [-0.1, -0.05) is 17.7 Å². The van der Waals surface area contributed by atoms with Crippen LogP contribution in [0.4, 0.5) is 5.69 Å². The molecule has 0 fully saturated rings. The van der Waals surface area contributed by atoms with Crippen LogP contribution in [0.1, 0.15) is 50.8 Å².